The quantitative estimate of drug-likeness (QED) is 0.912. The highest BCUT2D eigenvalue weighted by Crippen LogP contribution is 2.20. The number of nitrogens with zero attached hydrogens (tertiary/aromatic N) is 2. The summed E-state index contributed by atoms with van der Waals surface area (Å²) in [4.78, 5) is 7.81. The molecule has 0 fully saturated rings. The van der Waals surface area contributed by atoms with Gasteiger partial charge in [-0.25, -0.2) is 18.7 Å². The molecule has 1 aromatic carbocycles. The smallest absolute Gasteiger partial charge is 0.186 e. The molecule has 3 nitrogen and oxygen atoms in total. The second kappa shape index (κ2) is 4.86. The average molecular weight is 270 g/mol. The minimum atomic E-state index is -0.621. The summed E-state index contributed by atoms with van der Waals surface area (Å²) in [5.41, 5.74) is 6.25. The zero-order chi connectivity index (χ0) is 13.3. The maximum atomic E-state index is 13.3. The number of hydrogen-bond acceptors (Lipinski definition) is 3. The molecule has 0 aliphatic heterocycles. The molecule has 0 spiro atoms. The normalized spacial score (nSPS) is 10.7. The van der Waals surface area contributed by atoms with Gasteiger partial charge in [-0.3, -0.25) is 0 Å². The predicted octanol–water partition coefficient (Wildman–Crippen LogP) is 2.89. The Balaban J connectivity index is 2.34. The lowest BCUT2D eigenvalue weighted by Crippen LogP contribution is -2.06. The van der Waals surface area contributed by atoms with Crippen LogP contribution in [0.5, 0.6) is 0 Å². The van der Waals surface area contributed by atoms with Gasteiger partial charge < -0.3 is 5.73 Å². The Morgan fingerprint density at radius 2 is 2.00 bits per heavy atom. The predicted molar refractivity (Wildman–Crippen MR) is 65.4 cm³/mol. The van der Waals surface area contributed by atoms with Crippen molar-refractivity contribution in [1.82, 2.24) is 9.97 Å². The fourth-order valence-electron chi connectivity index (χ4n) is 1.56. The molecule has 1 aromatic heterocycles. The minimum absolute atomic E-state index is 0.177. The molecule has 2 aromatic rings. The summed E-state index contributed by atoms with van der Waals surface area (Å²) in [5, 5.41) is 0.277. The highest BCUT2D eigenvalue weighted by atomic mass is 35.5. The van der Waals surface area contributed by atoms with Crippen molar-refractivity contribution in [2.24, 2.45) is 0 Å². The first-order chi connectivity index (χ1) is 8.47. The summed E-state index contributed by atoms with van der Waals surface area (Å²) in [6.07, 6.45) is 0.268. The lowest BCUT2D eigenvalue weighted by atomic mass is 10.1. The Hall–Kier alpha value is -1.75. The van der Waals surface area contributed by atoms with Gasteiger partial charge in [0.15, 0.2) is 11.6 Å². The zero-order valence-corrected chi connectivity index (χ0v) is 10.3. The van der Waals surface area contributed by atoms with Gasteiger partial charge >= 0.3 is 0 Å². The zero-order valence-electron chi connectivity index (χ0n) is 9.54. The van der Waals surface area contributed by atoms with E-state index in [2.05, 4.69) is 9.97 Å². The van der Waals surface area contributed by atoms with E-state index in [0.29, 0.717) is 11.4 Å². The first-order valence-electron chi connectivity index (χ1n) is 5.20. The second-order valence-electron chi connectivity index (χ2n) is 3.84. The molecule has 0 aliphatic carbocycles. The molecule has 94 valence electrons. The van der Waals surface area contributed by atoms with Crippen molar-refractivity contribution in [3.05, 3.63) is 51.9 Å². The summed E-state index contributed by atoms with van der Waals surface area (Å²) in [6, 6.07) is 4.04. The van der Waals surface area contributed by atoms with Gasteiger partial charge in [0.1, 0.15) is 11.6 Å². The highest BCUT2D eigenvalue weighted by molar-refractivity contribution is 6.31. The molecule has 0 atom stereocenters. The first kappa shape index (κ1) is 12.7. The van der Waals surface area contributed by atoms with E-state index in [0.717, 1.165) is 0 Å². The Morgan fingerprint density at radius 3 is 2.61 bits per heavy atom. The molecule has 0 bridgehead atoms. The molecular formula is C12H10ClF2N3. The molecule has 1 heterocycles. The number of benzene rings is 1. The van der Waals surface area contributed by atoms with Gasteiger partial charge in [-0.2, -0.15) is 0 Å². The number of hydrogen-bond donors (Lipinski definition) is 1. The molecule has 0 amide bonds. The van der Waals surface area contributed by atoms with E-state index in [9.17, 15) is 8.78 Å². The van der Waals surface area contributed by atoms with Crippen molar-refractivity contribution >= 4 is 17.4 Å². The van der Waals surface area contributed by atoms with E-state index in [1.165, 1.54) is 25.1 Å². The Kier molecular flexibility index (Phi) is 3.43. The number of halogens is 3. The van der Waals surface area contributed by atoms with Crippen LogP contribution in [0.4, 0.5) is 14.6 Å². The standard InChI is InChI=1S/C12H10ClF2N3/c1-6-11(15)12(16)18-10(17-6)4-7-2-3-8(14)5-9(7)13/h2-3,5H,4H2,1H3,(H2,16,17,18). The molecule has 6 heteroatoms. The Bertz CT molecular complexity index is 579. The molecule has 2 rings (SSSR count). The van der Waals surface area contributed by atoms with Crippen LogP contribution in [0.25, 0.3) is 0 Å². The van der Waals surface area contributed by atoms with Gasteiger partial charge in [0.2, 0.25) is 0 Å². The van der Waals surface area contributed by atoms with Crippen LogP contribution < -0.4 is 5.73 Å². The molecular weight excluding hydrogens is 260 g/mol. The van der Waals surface area contributed by atoms with Crippen molar-refractivity contribution in [1.29, 1.82) is 0 Å². The summed E-state index contributed by atoms with van der Waals surface area (Å²) >= 11 is 5.89. The number of aromatic nitrogens is 2. The molecule has 18 heavy (non-hydrogen) atoms. The van der Waals surface area contributed by atoms with Gasteiger partial charge in [0, 0.05) is 11.4 Å². The van der Waals surface area contributed by atoms with E-state index >= 15 is 0 Å². The van der Waals surface area contributed by atoms with Gasteiger partial charge in [0.25, 0.3) is 0 Å². The van der Waals surface area contributed by atoms with E-state index < -0.39 is 11.6 Å². The van der Waals surface area contributed by atoms with Crippen LogP contribution in [-0.2, 0) is 6.42 Å². The van der Waals surface area contributed by atoms with Crippen molar-refractivity contribution in [2.75, 3.05) is 5.73 Å². The van der Waals surface area contributed by atoms with E-state index in [4.69, 9.17) is 17.3 Å². The third-order valence-electron chi connectivity index (χ3n) is 2.45. The van der Waals surface area contributed by atoms with E-state index in [1.54, 1.807) is 0 Å². The van der Waals surface area contributed by atoms with Gasteiger partial charge in [0.05, 0.1) is 5.69 Å². The summed E-state index contributed by atoms with van der Waals surface area (Å²) in [5.74, 6) is -0.890. The lowest BCUT2D eigenvalue weighted by Gasteiger charge is -2.06. The maximum Gasteiger partial charge on any atom is 0.186 e. The van der Waals surface area contributed by atoms with Crippen LogP contribution >= 0.6 is 11.6 Å². The maximum absolute atomic E-state index is 13.3. The van der Waals surface area contributed by atoms with E-state index in [-0.39, 0.29) is 23.0 Å². The van der Waals surface area contributed by atoms with Crippen molar-refractivity contribution in [2.45, 2.75) is 13.3 Å². The number of rotatable bonds is 2. The van der Waals surface area contributed by atoms with E-state index in [1.807, 2.05) is 0 Å². The van der Waals surface area contributed by atoms with Crippen molar-refractivity contribution in [3.8, 4) is 0 Å². The van der Waals surface area contributed by atoms with Gasteiger partial charge in [-0.1, -0.05) is 17.7 Å². The van der Waals surface area contributed by atoms with Crippen LogP contribution in [-0.4, -0.2) is 9.97 Å². The average Bonchev–Trinajstić information content (AvgIpc) is 2.29. The molecule has 0 saturated heterocycles. The minimum Gasteiger partial charge on any atom is -0.381 e. The second-order valence-corrected chi connectivity index (χ2v) is 4.24. The molecule has 0 aliphatic rings. The van der Waals surface area contributed by atoms with Gasteiger partial charge in [-0.05, 0) is 24.6 Å². The lowest BCUT2D eigenvalue weighted by molar-refractivity contribution is 0.603. The monoisotopic (exact) mass is 269 g/mol. The molecule has 0 unspecified atom stereocenters. The fourth-order valence-corrected chi connectivity index (χ4v) is 1.79. The topological polar surface area (TPSA) is 51.8 Å². The fraction of sp³-hybridized carbons (Fsp3) is 0.167. The summed E-state index contributed by atoms with van der Waals surface area (Å²) in [6.45, 7) is 1.50. The molecule has 2 N–H and O–H groups in total. The van der Waals surface area contributed by atoms with Crippen molar-refractivity contribution in [3.63, 3.8) is 0 Å². The SMILES string of the molecule is Cc1nc(Cc2ccc(F)cc2Cl)nc(N)c1F. The third-order valence-corrected chi connectivity index (χ3v) is 2.80. The van der Waals surface area contributed by atoms with Crippen molar-refractivity contribution < 1.29 is 8.78 Å². The number of anilines is 1. The molecule has 0 saturated carbocycles. The largest absolute Gasteiger partial charge is 0.381 e. The van der Waals surface area contributed by atoms with Gasteiger partial charge in [-0.15, -0.1) is 0 Å². The summed E-state index contributed by atoms with van der Waals surface area (Å²) < 4.78 is 26.1. The van der Waals surface area contributed by atoms with Crippen LogP contribution in [0.1, 0.15) is 17.1 Å². The number of aryl methyl sites for hydroxylation is 1. The van der Waals surface area contributed by atoms with Crippen LogP contribution in [0, 0.1) is 18.6 Å². The first-order valence-corrected chi connectivity index (χ1v) is 5.57. The number of nitrogens with two attached hydrogens (primary N) is 1. The molecule has 0 radical (unpaired) electrons. The van der Waals surface area contributed by atoms with Crippen LogP contribution in [0.3, 0.4) is 0 Å². The summed E-state index contributed by atoms with van der Waals surface area (Å²) in [7, 11) is 0. The highest BCUT2D eigenvalue weighted by Gasteiger charge is 2.10. The Labute approximate surface area is 108 Å². The third kappa shape index (κ3) is 2.56. The van der Waals surface area contributed by atoms with Crippen LogP contribution in [0.15, 0.2) is 18.2 Å². The Morgan fingerprint density at radius 1 is 1.28 bits per heavy atom. The number of nitrogen functional groups attached to an aromatic ring is 1. The van der Waals surface area contributed by atoms with Crippen LogP contribution in [0.2, 0.25) is 5.02 Å².